The summed E-state index contributed by atoms with van der Waals surface area (Å²) in [6, 6.07) is 17.5. The van der Waals surface area contributed by atoms with Crippen LogP contribution in [0.15, 0.2) is 75.0 Å². The standard InChI is InChI=1S/C28H24BrIN4O4/c29-21-9-12-25-23(15-21)28(35)33(27(32-25)20-4-2-1-3-5-20)31-16-19-8-13-26(24(30)14-19)38-17-18-6-10-22(11-7-18)34(36)37/h6-16,20H,1-5,17H2. The Morgan fingerprint density at radius 2 is 1.87 bits per heavy atom. The van der Waals surface area contributed by atoms with Gasteiger partial charge in [-0.3, -0.25) is 14.9 Å². The summed E-state index contributed by atoms with van der Waals surface area (Å²) in [4.78, 5) is 28.8. The minimum absolute atomic E-state index is 0.0481. The zero-order valence-electron chi connectivity index (χ0n) is 20.3. The predicted octanol–water partition coefficient (Wildman–Crippen LogP) is 7.18. The van der Waals surface area contributed by atoms with Crippen LogP contribution in [-0.2, 0) is 6.61 Å². The Morgan fingerprint density at radius 3 is 2.58 bits per heavy atom. The van der Waals surface area contributed by atoms with Gasteiger partial charge in [0.05, 0.1) is 25.6 Å². The van der Waals surface area contributed by atoms with Gasteiger partial charge in [0.2, 0.25) is 0 Å². The molecule has 1 aliphatic rings. The lowest BCUT2D eigenvalue weighted by atomic mass is 9.88. The van der Waals surface area contributed by atoms with Crippen molar-refractivity contribution in [2.75, 3.05) is 0 Å². The maximum absolute atomic E-state index is 13.5. The van der Waals surface area contributed by atoms with E-state index in [2.05, 4.69) is 43.6 Å². The molecule has 1 saturated carbocycles. The van der Waals surface area contributed by atoms with Crippen molar-refractivity contribution in [2.24, 2.45) is 5.10 Å². The number of halogens is 2. The summed E-state index contributed by atoms with van der Waals surface area (Å²) >= 11 is 5.66. The second kappa shape index (κ2) is 11.7. The quantitative estimate of drug-likeness (QED) is 0.0888. The maximum Gasteiger partial charge on any atom is 0.282 e. The Hall–Kier alpha value is -3.12. The van der Waals surface area contributed by atoms with Crippen LogP contribution in [-0.4, -0.2) is 20.8 Å². The van der Waals surface area contributed by atoms with Crippen LogP contribution in [0, 0.1) is 13.7 Å². The molecule has 0 bridgehead atoms. The van der Waals surface area contributed by atoms with Gasteiger partial charge in [-0.05, 0) is 95.1 Å². The summed E-state index contributed by atoms with van der Waals surface area (Å²) in [5.41, 5.74) is 2.22. The molecule has 194 valence electrons. The molecule has 0 amide bonds. The molecule has 0 aliphatic heterocycles. The lowest BCUT2D eigenvalue weighted by molar-refractivity contribution is -0.384. The van der Waals surface area contributed by atoms with Gasteiger partial charge in [-0.2, -0.15) is 9.78 Å². The third kappa shape index (κ3) is 5.96. The average Bonchev–Trinajstić information content (AvgIpc) is 2.93. The van der Waals surface area contributed by atoms with Gasteiger partial charge in [0.15, 0.2) is 0 Å². The number of benzene rings is 3. The van der Waals surface area contributed by atoms with Crippen molar-refractivity contribution in [3.8, 4) is 5.75 Å². The van der Waals surface area contributed by atoms with Gasteiger partial charge in [0, 0.05) is 22.5 Å². The van der Waals surface area contributed by atoms with Gasteiger partial charge in [-0.1, -0.05) is 35.2 Å². The van der Waals surface area contributed by atoms with Crippen LogP contribution in [0.1, 0.15) is 55.0 Å². The SMILES string of the molecule is O=c1c2cc(Br)ccc2nc(C2CCCCC2)n1N=Cc1ccc(OCc2ccc([N+](=O)[O-])cc2)c(I)c1. The molecule has 10 heteroatoms. The topological polar surface area (TPSA) is 99.6 Å². The zero-order valence-corrected chi connectivity index (χ0v) is 24.1. The number of ether oxygens (including phenoxy) is 1. The van der Waals surface area contributed by atoms with Crippen molar-refractivity contribution in [3.05, 3.63) is 106 Å². The number of rotatable bonds is 7. The molecule has 4 aromatic rings. The number of fused-ring (bicyclic) bond motifs is 1. The third-order valence-electron chi connectivity index (χ3n) is 6.62. The molecule has 3 aromatic carbocycles. The van der Waals surface area contributed by atoms with Crippen LogP contribution in [0.2, 0.25) is 0 Å². The number of nitrogens with zero attached hydrogens (tertiary/aromatic N) is 4. The van der Waals surface area contributed by atoms with Crippen LogP contribution in [0.25, 0.3) is 10.9 Å². The van der Waals surface area contributed by atoms with Crippen molar-refractivity contribution >= 4 is 61.3 Å². The van der Waals surface area contributed by atoms with Crippen LogP contribution in [0.5, 0.6) is 5.75 Å². The number of hydrogen-bond donors (Lipinski definition) is 0. The Morgan fingerprint density at radius 1 is 1.11 bits per heavy atom. The molecule has 38 heavy (non-hydrogen) atoms. The van der Waals surface area contributed by atoms with E-state index in [0.717, 1.165) is 50.7 Å². The second-order valence-corrected chi connectivity index (χ2v) is 11.3. The molecule has 1 fully saturated rings. The highest BCUT2D eigenvalue weighted by Gasteiger charge is 2.22. The van der Waals surface area contributed by atoms with Gasteiger partial charge < -0.3 is 4.74 Å². The lowest BCUT2D eigenvalue weighted by Gasteiger charge is -2.22. The van der Waals surface area contributed by atoms with Crippen molar-refractivity contribution in [1.29, 1.82) is 0 Å². The highest BCUT2D eigenvalue weighted by molar-refractivity contribution is 14.1. The number of aromatic nitrogens is 2. The minimum Gasteiger partial charge on any atom is -0.488 e. The Labute approximate surface area is 241 Å². The highest BCUT2D eigenvalue weighted by atomic mass is 127. The molecule has 0 unspecified atom stereocenters. The highest BCUT2D eigenvalue weighted by Crippen LogP contribution is 2.32. The van der Waals surface area contributed by atoms with Crippen LogP contribution in [0.3, 0.4) is 0 Å². The number of non-ortho nitro benzene ring substituents is 1. The van der Waals surface area contributed by atoms with E-state index in [1.165, 1.54) is 23.2 Å². The van der Waals surface area contributed by atoms with E-state index < -0.39 is 4.92 Å². The fourth-order valence-corrected chi connectivity index (χ4v) is 5.67. The van der Waals surface area contributed by atoms with Gasteiger partial charge in [0.25, 0.3) is 11.2 Å². The molecule has 0 atom stereocenters. The Bertz CT molecular complexity index is 1580. The summed E-state index contributed by atoms with van der Waals surface area (Å²) < 4.78 is 9.10. The molecular formula is C28H24BrIN4O4. The first-order chi connectivity index (χ1) is 18.4. The van der Waals surface area contributed by atoms with E-state index in [1.807, 2.05) is 30.3 Å². The number of hydrogen-bond acceptors (Lipinski definition) is 6. The molecular weight excluding hydrogens is 663 g/mol. The minimum atomic E-state index is -0.424. The summed E-state index contributed by atoms with van der Waals surface area (Å²) in [7, 11) is 0. The monoisotopic (exact) mass is 686 g/mol. The van der Waals surface area contributed by atoms with Crippen molar-refractivity contribution in [1.82, 2.24) is 9.66 Å². The van der Waals surface area contributed by atoms with Crippen molar-refractivity contribution < 1.29 is 9.66 Å². The number of nitro benzene ring substituents is 1. The summed E-state index contributed by atoms with van der Waals surface area (Å²) in [6.45, 7) is 0.292. The van der Waals surface area contributed by atoms with E-state index >= 15 is 0 Å². The third-order valence-corrected chi connectivity index (χ3v) is 7.96. The van der Waals surface area contributed by atoms with Crippen LogP contribution in [0.4, 0.5) is 5.69 Å². The average molecular weight is 687 g/mol. The van der Waals surface area contributed by atoms with E-state index in [4.69, 9.17) is 9.72 Å². The molecule has 1 aromatic heterocycles. The van der Waals surface area contributed by atoms with Crippen LogP contribution >= 0.6 is 38.5 Å². The van der Waals surface area contributed by atoms with Crippen LogP contribution < -0.4 is 10.3 Å². The van der Waals surface area contributed by atoms with Crippen molar-refractivity contribution in [3.63, 3.8) is 0 Å². The maximum atomic E-state index is 13.5. The molecule has 5 rings (SSSR count). The predicted molar refractivity (Wildman–Crippen MR) is 159 cm³/mol. The summed E-state index contributed by atoms with van der Waals surface area (Å²) in [6.07, 6.45) is 7.15. The largest absolute Gasteiger partial charge is 0.488 e. The van der Waals surface area contributed by atoms with E-state index in [0.29, 0.717) is 23.3 Å². The summed E-state index contributed by atoms with van der Waals surface area (Å²) in [5, 5.41) is 16.0. The van der Waals surface area contributed by atoms with E-state index in [-0.39, 0.29) is 17.2 Å². The van der Waals surface area contributed by atoms with Gasteiger partial charge >= 0.3 is 0 Å². The molecule has 1 heterocycles. The smallest absolute Gasteiger partial charge is 0.282 e. The first-order valence-corrected chi connectivity index (χ1v) is 14.2. The fraction of sp³-hybridized carbons (Fsp3) is 0.250. The van der Waals surface area contributed by atoms with Gasteiger partial charge in [-0.25, -0.2) is 4.98 Å². The van der Waals surface area contributed by atoms with E-state index in [1.54, 1.807) is 24.4 Å². The molecule has 1 aliphatic carbocycles. The fourth-order valence-electron chi connectivity index (χ4n) is 4.62. The normalized spacial score (nSPS) is 14.3. The second-order valence-electron chi connectivity index (χ2n) is 9.23. The first kappa shape index (κ1) is 26.5. The van der Waals surface area contributed by atoms with Gasteiger partial charge in [-0.15, -0.1) is 0 Å². The van der Waals surface area contributed by atoms with Gasteiger partial charge in [0.1, 0.15) is 18.2 Å². The molecule has 0 spiro atoms. The number of nitro groups is 1. The lowest BCUT2D eigenvalue weighted by Crippen LogP contribution is -2.25. The molecule has 0 radical (unpaired) electrons. The summed E-state index contributed by atoms with van der Waals surface area (Å²) in [5.74, 6) is 1.62. The first-order valence-electron chi connectivity index (χ1n) is 12.3. The molecule has 0 N–H and O–H groups in total. The molecule has 8 nitrogen and oxygen atoms in total. The van der Waals surface area contributed by atoms with Crippen molar-refractivity contribution in [2.45, 2.75) is 44.6 Å². The molecule has 0 saturated heterocycles. The van der Waals surface area contributed by atoms with E-state index in [9.17, 15) is 14.9 Å². The Kier molecular flexibility index (Phi) is 8.18. The zero-order chi connectivity index (χ0) is 26.6. The Balaban J connectivity index is 1.39.